The molecule has 3 heterocycles. The Morgan fingerprint density at radius 3 is 2.51 bits per heavy atom. The first-order valence-corrected chi connectivity index (χ1v) is 11.3. The Labute approximate surface area is 202 Å². The fourth-order valence-electron chi connectivity index (χ4n) is 4.83. The number of nitrogens with one attached hydrogen (secondary N) is 1. The van der Waals surface area contributed by atoms with E-state index in [0.29, 0.717) is 40.4 Å². The zero-order chi connectivity index (χ0) is 24.7. The van der Waals surface area contributed by atoms with E-state index < -0.39 is 6.17 Å². The van der Waals surface area contributed by atoms with Crippen LogP contribution < -0.4 is 19.7 Å². The Morgan fingerprint density at radius 2 is 1.80 bits per heavy atom. The first-order chi connectivity index (χ1) is 17.0. The molecule has 180 valence electrons. The minimum absolute atomic E-state index is 0.0967. The van der Waals surface area contributed by atoms with Gasteiger partial charge < -0.3 is 24.3 Å². The van der Waals surface area contributed by atoms with Gasteiger partial charge in [-0.3, -0.25) is 19.3 Å². The number of carbonyl (C=O) groups excluding carboxylic acids is 3. The highest BCUT2D eigenvalue weighted by Crippen LogP contribution is 2.49. The maximum Gasteiger partial charge on any atom is 0.264 e. The van der Waals surface area contributed by atoms with E-state index in [-0.39, 0.29) is 30.7 Å². The third-order valence-corrected chi connectivity index (χ3v) is 6.58. The molecule has 1 atom stereocenters. The van der Waals surface area contributed by atoms with Gasteiger partial charge in [0.15, 0.2) is 11.5 Å². The van der Waals surface area contributed by atoms with Crippen LogP contribution in [0.1, 0.15) is 44.6 Å². The standard InChI is InChI=1S/C26H26N4O5/c1-28-13-6-7-16(28)15-27-21(31)12-14-29-24-18-10-11-20(34-2)23(35-3)22(18)26(33)30(24)19-9-5-4-8-17(19)25(29)32/h4-11,13,24H,12,14-15H2,1-3H3,(H,27,31)/t24-/m1/s1. The molecule has 0 saturated carbocycles. The fourth-order valence-corrected chi connectivity index (χ4v) is 4.83. The van der Waals surface area contributed by atoms with Crippen molar-refractivity contribution in [1.29, 1.82) is 0 Å². The molecule has 0 fully saturated rings. The van der Waals surface area contributed by atoms with Crippen molar-refractivity contribution in [2.24, 2.45) is 7.05 Å². The molecule has 1 N–H and O–H groups in total. The van der Waals surface area contributed by atoms with Crippen LogP contribution in [0.3, 0.4) is 0 Å². The predicted octanol–water partition coefficient (Wildman–Crippen LogP) is 2.86. The molecular formula is C26H26N4O5. The Kier molecular flexibility index (Phi) is 5.68. The van der Waals surface area contributed by atoms with Gasteiger partial charge in [-0.1, -0.05) is 18.2 Å². The maximum atomic E-state index is 13.7. The van der Waals surface area contributed by atoms with Crippen molar-refractivity contribution in [2.75, 3.05) is 25.7 Å². The van der Waals surface area contributed by atoms with Crippen LogP contribution >= 0.6 is 0 Å². The van der Waals surface area contributed by atoms with Gasteiger partial charge in [-0.25, -0.2) is 0 Å². The second-order valence-electron chi connectivity index (χ2n) is 8.47. The topological polar surface area (TPSA) is 93.1 Å². The van der Waals surface area contributed by atoms with Crippen molar-refractivity contribution in [1.82, 2.24) is 14.8 Å². The molecule has 0 bridgehead atoms. The molecule has 2 aliphatic rings. The molecule has 0 saturated heterocycles. The summed E-state index contributed by atoms with van der Waals surface area (Å²) < 4.78 is 12.9. The van der Waals surface area contributed by atoms with E-state index >= 15 is 0 Å². The lowest BCUT2D eigenvalue weighted by molar-refractivity contribution is -0.121. The van der Waals surface area contributed by atoms with Crippen LogP contribution in [0.25, 0.3) is 0 Å². The molecule has 0 spiro atoms. The summed E-state index contributed by atoms with van der Waals surface area (Å²) in [5, 5.41) is 2.91. The summed E-state index contributed by atoms with van der Waals surface area (Å²) in [5.74, 6) is 0.0768. The van der Waals surface area contributed by atoms with E-state index in [0.717, 1.165) is 5.69 Å². The molecule has 1 aromatic heterocycles. The summed E-state index contributed by atoms with van der Waals surface area (Å²) in [6.45, 7) is 0.543. The molecule has 35 heavy (non-hydrogen) atoms. The van der Waals surface area contributed by atoms with Gasteiger partial charge in [-0.2, -0.15) is 0 Å². The number of hydrogen-bond donors (Lipinski definition) is 1. The number of hydrogen-bond acceptors (Lipinski definition) is 5. The largest absolute Gasteiger partial charge is 0.493 e. The summed E-state index contributed by atoms with van der Waals surface area (Å²) >= 11 is 0. The highest BCUT2D eigenvalue weighted by Gasteiger charge is 2.49. The molecule has 3 aromatic rings. The Hall–Kier alpha value is -4.27. The quantitative estimate of drug-likeness (QED) is 0.569. The van der Waals surface area contributed by atoms with Crippen molar-refractivity contribution in [3.8, 4) is 11.5 Å². The second-order valence-corrected chi connectivity index (χ2v) is 8.47. The van der Waals surface area contributed by atoms with E-state index in [9.17, 15) is 14.4 Å². The molecule has 2 aromatic carbocycles. The number of fused-ring (bicyclic) bond motifs is 5. The number of amides is 3. The molecule has 3 amide bonds. The maximum absolute atomic E-state index is 13.7. The smallest absolute Gasteiger partial charge is 0.264 e. The number of para-hydroxylation sites is 1. The van der Waals surface area contributed by atoms with Crippen LogP contribution in [0, 0.1) is 0 Å². The molecule has 0 radical (unpaired) electrons. The van der Waals surface area contributed by atoms with Gasteiger partial charge in [0.1, 0.15) is 6.17 Å². The summed E-state index contributed by atoms with van der Waals surface area (Å²) in [5.41, 5.74) is 2.93. The minimum Gasteiger partial charge on any atom is -0.493 e. The Morgan fingerprint density at radius 1 is 1.00 bits per heavy atom. The molecule has 0 unspecified atom stereocenters. The number of aryl methyl sites for hydroxylation is 1. The number of anilines is 1. The lowest BCUT2D eigenvalue weighted by atomic mass is 10.0. The number of methoxy groups -OCH3 is 2. The van der Waals surface area contributed by atoms with Crippen LogP contribution in [0.4, 0.5) is 5.69 Å². The first kappa shape index (κ1) is 22.5. The Bertz CT molecular complexity index is 1330. The molecular weight excluding hydrogens is 448 g/mol. The summed E-state index contributed by atoms with van der Waals surface area (Å²) in [7, 11) is 4.91. The predicted molar refractivity (Wildman–Crippen MR) is 128 cm³/mol. The zero-order valence-electron chi connectivity index (χ0n) is 19.8. The van der Waals surface area contributed by atoms with E-state index in [2.05, 4.69) is 5.32 Å². The van der Waals surface area contributed by atoms with Gasteiger partial charge in [-0.05, 0) is 30.3 Å². The SMILES string of the molecule is COc1ccc2c(c1OC)C(=O)N1c3ccccc3C(=O)N(CCC(=O)NCc3cccn3C)[C@@H]21. The van der Waals surface area contributed by atoms with Gasteiger partial charge in [0.2, 0.25) is 5.91 Å². The zero-order valence-corrected chi connectivity index (χ0v) is 19.8. The average molecular weight is 475 g/mol. The third-order valence-electron chi connectivity index (χ3n) is 6.58. The van der Waals surface area contributed by atoms with Gasteiger partial charge >= 0.3 is 0 Å². The monoisotopic (exact) mass is 474 g/mol. The molecule has 2 aliphatic heterocycles. The Balaban J connectivity index is 1.47. The van der Waals surface area contributed by atoms with E-state index in [1.807, 2.05) is 29.9 Å². The number of rotatable bonds is 7. The fraction of sp³-hybridized carbons (Fsp3) is 0.269. The minimum atomic E-state index is -0.680. The lowest BCUT2D eigenvalue weighted by Crippen LogP contribution is -2.49. The van der Waals surface area contributed by atoms with E-state index in [4.69, 9.17) is 9.47 Å². The van der Waals surface area contributed by atoms with Crippen molar-refractivity contribution >= 4 is 23.4 Å². The number of aromatic nitrogens is 1. The van der Waals surface area contributed by atoms with E-state index in [1.165, 1.54) is 14.2 Å². The summed E-state index contributed by atoms with van der Waals surface area (Å²) in [6.07, 6.45) is 1.33. The highest BCUT2D eigenvalue weighted by atomic mass is 16.5. The van der Waals surface area contributed by atoms with Crippen molar-refractivity contribution in [3.05, 3.63) is 77.1 Å². The highest BCUT2D eigenvalue weighted by molar-refractivity contribution is 6.18. The van der Waals surface area contributed by atoms with Crippen LogP contribution in [0.2, 0.25) is 0 Å². The van der Waals surface area contributed by atoms with Crippen LogP contribution in [-0.4, -0.2) is 48.0 Å². The normalized spacial score (nSPS) is 16.0. The van der Waals surface area contributed by atoms with E-state index in [1.54, 1.807) is 46.2 Å². The van der Waals surface area contributed by atoms with Gasteiger partial charge in [0.25, 0.3) is 11.8 Å². The summed E-state index contributed by atoms with van der Waals surface area (Å²) in [4.78, 5) is 43.1. The van der Waals surface area contributed by atoms with Crippen molar-refractivity contribution in [2.45, 2.75) is 19.1 Å². The lowest BCUT2D eigenvalue weighted by Gasteiger charge is -2.40. The molecule has 5 rings (SSSR count). The first-order valence-electron chi connectivity index (χ1n) is 11.3. The van der Waals surface area contributed by atoms with Gasteiger partial charge in [0, 0.05) is 37.5 Å². The summed E-state index contributed by atoms with van der Waals surface area (Å²) in [6, 6.07) is 14.4. The number of carbonyl (C=O) groups is 3. The van der Waals surface area contributed by atoms with Gasteiger partial charge in [-0.15, -0.1) is 0 Å². The third kappa shape index (κ3) is 3.60. The average Bonchev–Trinajstić information content (AvgIpc) is 3.42. The van der Waals surface area contributed by atoms with Crippen LogP contribution in [0.5, 0.6) is 11.5 Å². The molecule has 0 aliphatic carbocycles. The number of ether oxygens (including phenoxy) is 2. The number of nitrogens with zero attached hydrogens (tertiary/aromatic N) is 3. The molecule has 9 heteroatoms. The van der Waals surface area contributed by atoms with Crippen molar-refractivity contribution < 1.29 is 23.9 Å². The number of benzene rings is 2. The second kappa shape index (κ2) is 8.83. The van der Waals surface area contributed by atoms with Crippen LogP contribution in [0.15, 0.2) is 54.7 Å². The van der Waals surface area contributed by atoms with Gasteiger partial charge in [0.05, 0.1) is 37.6 Å². The van der Waals surface area contributed by atoms with Crippen molar-refractivity contribution in [3.63, 3.8) is 0 Å². The van der Waals surface area contributed by atoms with Crippen LogP contribution in [-0.2, 0) is 18.4 Å². The molecule has 9 nitrogen and oxygen atoms in total.